The maximum atomic E-state index is 13.9. The van der Waals surface area contributed by atoms with Crippen molar-refractivity contribution in [1.82, 2.24) is 9.55 Å². The summed E-state index contributed by atoms with van der Waals surface area (Å²) in [5.41, 5.74) is 1.65. The van der Waals surface area contributed by atoms with E-state index in [0.29, 0.717) is 11.3 Å². The molecule has 2 heterocycles. The van der Waals surface area contributed by atoms with Gasteiger partial charge in [0.05, 0.1) is 10.3 Å². The van der Waals surface area contributed by atoms with Gasteiger partial charge in [-0.1, -0.05) is 23.8 Å². The van der Waals surface area contributed by atoms with E-state index in [1.807, 2.05) is 6.92 Å². The number of aryl methyl sites for hydroxylation is 3. The fourth-order valence-electron chi connectivity index (χ4n) is 3.52. The molecule has 4 rings (SSSR count). The Bertz CT molecular complexity index is 1590. The van der Waals surface area contributed by atoms with Crippen LogP contribution < -0.4 is 10.7 Å². The number of rotatable bonds is 5. The Labute approximate surface area is 195 Å². The van der Waals surface area contributed by atoms with E-state index in [-0.39, 0.29) is 28.2 Å². The van der Waals surface area contributed by atoms with Gasteiger partial charge in [0.1, 0.15) is 22.9 Å². The topological polar surface area (TPSA) is 98.1 Å². The number of nitrogens with one attached hydrogen (secondary N) is 1. The number of carbonyl (C=O) groups is 1. The van der Waals surface area contributed by atoms with E-state index in [4.69, 9.17) is 0 Å². The van der Waals surface area contributed by atoms with Crippen LogP contribution in [0.25, 0.3) is 11.0 Å². The van der Waals surface area contributed by atoms with E-state index < -0.39 is 31.9 Å². The molecule has 34 heavy (non-hydrogen) atoms. The number of pyridine rings is 2. The van der Waals surface area contributed by atoms with Gasteiger partial charge in [-0.2, -0.15) is 0 Å². The number of anilines is 1. The van der Waals surface area contributed by atoms with Crippen LogP contribution in [0, 0.1) is 26.6 Å². The fraction of sp³-hybridized carbons (Fsp3) is 0.160. The maximum absolute atomic E-state index is 13.9. The first kappa shape index (κ1) is 23.3. The molecule has 0 aliphatic heterocycles. The molecule has 0 atom stereocenters. The van der Waals surface area contributed by atoms with E-state index in [1.165, 1.54) is 34.9 Å². The smallest absolute Gasteiger partial charge is 0.244 e. The first-order valence-electron chi connectivity index (χ1n) is 10.4. The molecule has 0 saturated carbocycles. The van der Waals surface area contributed by atoms with E-state index in [1.54, 1.807) is 38.1 Å². The van der Waals surface area contributed by atoms with Crippen molar-refractivity contribution in [2.75, 3.05) is 5.32 Å². The summed E-state index contributed by atoms with van der Waals surface area (Å²) in [5.74, 6) is -0.995. The van der Waals surface area contributed by atoms with Gasteiger partial charge in [-0.25, -0.2) is 17.8 Å². The summed E-state index contributed by atoms with van der Waals surface area (Å²) < 4.78 is 41.8. The Balaban J connectivity index is 1.81. The average Bonchev–Trinajstić information content (AvgIpc) is 2.78. The minimum atomic E-state index is -4.16. The summed E-state index contributed by atoms with van der Waals surface area (Å²) in [7, 11) is -4.16. The van der Waals surface area contributed by atoms with Crippen molar-refractivity contribution in [3.05, 3.63) is 93.7 Å². The van der Waals surface area contributed by atoms with Crippen LogP contribution in [0.2, 0.25) is 0 Å². The second kappa shape index (κ2) is 8.83. The molecule has 2 aromatic heterocycles. The number of benzene rings is 2. The summed E-state index contributed by atoms with van der Waals surface area (Å²) in [6.45, 7) is 4.82. The molecule has 2 aromatic carbocycles. The van der Waals surface area contributed by atoms with E-state index >= 15 is 0 Å². The molecule has 0 aliphatic carbocycles. The van der Waals surface area contributed by atoms with Crippen LogP contribution >= 0.6 is 0 Å². The van der Waals surface area contributed by atoms with Gasteiger partial charge in [-0.15, -0.1) is 0 Å². The number of fused-ring (bicyclic) bond motifs is 1. The molecule has 0 aliphatic rings. The van der Waals surface area contributed by atoms with Crippen molar-refractivity contribution in [2.24, 2.45) is 0 Å². The zero-order chi connectivity index (χ0) is 24.6. The lowest BCUT2D eigenvalue weighted by molar-refractivity contribution is -0.116. The lowest BCUT2D eigenvalue weighted by Gasteiger charge is -2.14. The highest BCUT2D eigenvalue weighted by Crippen LogP contribution is 2.22. The van der Waals surface area contributed by atoms with Crippen LogP contribution in [-0.2, 0) is 21.2 Å². The highest BCUT2D eigenvalue weighted by Gasteiger charge is 2.25. The van der Waals surface area contributed by atoms with Gasteiger partial charge in [0.25, 0.3) is 0 Å². The number of aromatic nitrogens is 2. The molecule has 0 radical (unpaired) electrons. The van der Waals surface area contributed by atoms with E-state index in [2.05, 4.69) is 10.3 Å². The van der Waals surface area contributed by atoms with Crippen LogP contribution in [0.5, 0.6) is 0 Å². The van der Waals surface area contributed by atoms with Gasteiger partial charge in [-0.3, -0.25) is 9.59 Å². The zero-order valence-corrected chi connectivity index (χ0v) is 19.6. The quantitative estimate of drug-likeness (QED) is 0.468. The molecule has 4 aromatic rings. The number of amides is 1. The Hall–Kier alpha value is -3.85. The van der Waals surface area contributed by atoms with Gasteiger partial charge in [0.15, 0.2) is 0 Å². The van der Waals surface area contributed by atoms with Gasteiger partial charge < -0.3 is 9.88 Å². The number of hydrogen-bond acceptors (Lipinski definition) is 5. The molecular weight excluding hydrogens is 457 g/mol. The van der Waals surface area contributed by atoms with Crippen molar-refractivity contribution in [2.45, 2.75) is 37.1 Å². The number of sulfone groups is 1. The SMILES string of the molecule is Cc1ccc(S(=O)(=O)c2cn(CC(=O)Nc3ccc(C)c(F)c3)c3nc(C)ccc3c2=O)cc1. The normalized spacial score (nSPS) is 11.5. The zero-order valence-electron chi connectivity index (χ0n) is 18.8. The largest absolute Gasteiger partial charge is 0.324 e. The van der Waals surface area contributed by atoms with Crippen molar-refractivity contribution in [3.63, 3.8) is 0 Å². The molecule has 0 fully saturated rings. The summed E-state index contributed by atoms with van der Waals surface area (Å²) in [5, 5.41) is 2.67. The third kappa shape index (κ3) is 4.47. The van der Waals surface area contributed by atoms with Crippen molar-refractivity contribution < 1.29 is 17.6 Å². The van der Waals surface area contributed by atoms with Crippen LogP contribution in [0.15, 0.2) is 75.4 Å². The van der Waals surface area contributed by atoms with Gasteiger partial charge in [0.2, 0.25) is 21.2 Å². The van der Waals surface area contributed by atoms with Crippen molar-refractivity contribution in [1.29, 1.82) is 0 Å². The Morgan fingerprint density at radius 1 is 1.03 bits per heavy atom. The number of hydrogen-bond donors (Lipinski definition) is 1. The predicted molar refractivity (Wildman–Crippen MR) is 127 cm³/mol. The maximum Gasteiger partial charge on any atom is 0.244 e. The lowest BCUT2D eigenvalue weighted by atomic mass is 10.2. The van der Waals surface area contributed by atoms with Crippen molar-refractivity contribution >= 4 is 32.5 Å². The molecule has 1 amide bonds. The Kier molecular flexibility index (Phi) is 6.05. The first-order chi connectivity index (χ1) is 16.1. The predicted octanol–water partition coefficient (Wildman–Crippen LogP) is 3.93. The highest BCUT2D eigenvalue weighted by molar-refractivity contribution is 7.91. The Morgan fingerprint density at radius 2 is 1.74 bits per heavy atom. The molecule has 0 unspecified atom stereocenters. The second-order valence-corrected chi connectivity index (χ2v) is 10.0. The summed E-state index contributed by atoms with van der Waals surface area (Å²) >= 11 is 0. The van der Waals surface area contributed by atoms with Crippen LogP contribution in [0.4, 0.5) is 10.1 Å². The molecule has 7 nitrogen and oxygen atoms in total. The number of nitrogens with zero attached hydrogens (tertiary/aromatic N) is 2. The minimum Gasteiger partial charge on any atom is -0.324 e. The monoisotopic (exact) mass is 479 g/mol. The number of halogens is 1. The molecule has 174 valence electrons. The lowest BCUT2D eigenvalue weighted by Crippen LogP contribution is -2.24. The molecule has 9 heteroatoms. The van der Waals surface area contributed by atoms with Gasteiger partial charge in [-0.05, 0) is 62.7 Å². The third-order valence-electron chi connectivity index (χ3n) is 5.42. The number of carbonyl (C=O) groups excluding carboxylic acids is 1. The Morgan fingerprint density at radius 3 is 2.41 bits per heavy atom. The van der Waals surface area contributed by atoms with Crippen LogP contribution in [0.3, 0.4) is 0 Å². The molecule has 0 bridgehead atoms. The highest BCUT2D eigenvalue weighted by atomic mass is 32.2. The molecule has 0 saturated heterocycles. The van der Waals surface area contributed by atoms with E-state index in [0.717, 1.165) is 11.8 Å². The van der Waals surface area contributed by atoms with Gasteiger partial charge in [0, 0.05) is 17.6 Å². The molecule has 0 spiro atoms. The second-order valence-electron chi connectivity index (χ2n) is 8.10. The molecule has 1 N–H and O–H groups in total. The fourth-order valence-corrected chi connectivity index (χ4v) is 4.88. The first-order valence-corrected chi connectivity index (χ1v) is 11.9. The van der Waals surface area contributed by atoms with E-state index in [9.17, 15) is 22.4 Å². The minimum absolute atomic E-state index is 0.0271. The molecular formula is C25H22FN3O4S. The summed E-state index contributed by atoms with van der Waals surface area (Å²) in [4.78, 5) is 29.8. The van der Waals surface area contributed by atoms with Gasteiger partial charge >= 0.3 is 0 Å². The standard InChI is InChI=1S/C25H22FN3O4S/c1-15-4-9-19(10-5-15)34(32,33)22-13-29(25-20(24(22)31)11-7-17(3)27-25)14-23(30)28-18-8-6-16(2)21(26)12-18/h4-13H,14H2,1-3H3,(H,28,30). The third-order valence-corrected chi connectivity index (χ3v) is 7.18. The summed E-state index contributed by atoms with van der Waals surface area (Å²) in [6, 6.07) is 13.6. The van der Waals surface area contributed by atoms with Crippen LogP contribution in [0.1, 0.15) is 16.8 Å². The average molecular weight is 480 g/mol. The summed E-state index contributed by atoms with van der Waals surface area (Å²) in [6.07, 6.45) is 1.14. The van der Waals surface area contributed by atoms with Crippen molar-refractivity contribution in [3.8, 4) is 0 Å². The van der Waals surface area contributed by atoms with Crippen LogP contribution in [-0.4, -0.2) is 23.9 Å².